The highest BCUT2D eigenvalue weighted by molar-refractivity contribution is 4.68. The van der Waals surface area contributed by atoms with Crippen LogP contribution in [0.3, 0.4) is 0 Å². The molecule has 1 atom stereocenters. The smallest absolute Gasteiger partial charge is 0.0999 e. The minimum absolute atomic E-state index is 0.0387. The fourth-order valence-electron chi connectivity index (χ4n) is 4.71. The molecule has 0 rings (SSSR count). The summed E-state index contributed by atoms with van der Waals surface area (Å²) >= 11 is 0. The lowest BCUT2D eigenvalue weighted by Crippen LogP contribution is -2.35. The molecule has 0 unspecified atom stereocenters. The third-order valence-electron chi connectivity index (χ3n) is 7.42. The molecule has 2 N–H and O–H groups in total. The monoisotopic (exact) mass is 561 g/mol. The predicted octanol–water partition coefficient (Wildman–Crippen LogP) is 7.63. The normalized spacial score (nSPS) is 13.0. The van der Waals surface area contributed by atoms with Crippen molar-refractivity contribution in [3.8, 4) is 0 Å². The van der Waals surface area contributed by atoms with Crippen LogP contribution in [-0.2, 0) is 24.3 Å². The SMILES string of the molecule is CCCCCC(CCCCC)CCCOCC(C)(C)CCCCCCOOC[C@H](COOCCCNC)NC. The molecule has 0 bridgehead atoms. The Morgan fingerprint density at radius 3 is 1.79 bits per heavy atom. The summed E-state index contributed by atoms with van der Waals surface area (Å²) in [4.78, 5) is 21.1. The molecule has 0 spiro atoms. The second-order valence-corrected chi connectivity index (χ2v) is 12.0. The van der Waals surface area contributed by atoms with Gasteiger partial charge in [0.15, 0.2) is 0 Å². The molecule has 0 aliphatic rings. The van der Waals surface area contributed by atoms with E-state index in [1.165, 1.54) is 83.5 Å². The first-order valence-electron chi connectivity index (χ1n) is 16.4. The van der Waals surface area contributed by atoms with Crippen LogP contribution in [0.1, 0.15) is 130 Å². The van der Waals surface area contributed by atoms with Crippen molar-refractivity contribution in [3.05, 3.63) is 0 Å². The van der Waals surface area contributed by atoms with Gasteiger partial charge in [-0.2, -0.15) is 0 Å². The Morgan fingerprint density at radius 2 is 1.21 bits per heavy atom. The van der Waals surface area contributed by atoms with E-state index in [2.05, 4.69) is 38.3 Å². The van der Waals surface area contributed by atoms with E-state index < -0.39 is 0 Å². The van der Waals surface area contributed by atoms with Crippen LogP contribution < -0.4 is 10.6 Å². The van der Waals surface area contributed by atoms with Gasteiger partial charge in [0.25, 0.3) is 0 Å². The van der Waals surface area contributed by atoms with E-state index in [4.69, 9.17) is 24.3 Å². The van der Waals surface area contributed by atoms with Crippen LogP contribution in [-0.4, -0.2) is 66.3 Å². The molecule has 0 aliphatic heterocycles. The summed E-state index contributed by atoms with van der Waals surface area (Å²) < 4.78 is 6.14. The number of unbranched alkanes of at least 4 members (excludes halogenated alkanes) is 7. The predicted molar refractivity (Wildman–Crippen MR) is 164 cm³/mol. The van der Waals surface area contributed by atoms with E-state index in [9.17, 15) is 0 Å². The standard InChI is InChI=1S/C32H68N2O5/c1-7-9-13-19-30(20-14-10-8-2)21-17-24-35-29-32(3,4)22-15-11-12-16-25-36-38-27-31(34-6)28-39-37-26-18-23-33-5/h30-31,33-34H,7-29H2,1-6H3/t31-/m1/s1. The van der Waals surface area contributed by atoms with Crippen molar-refractivity contribution in [2.75, 3.05) is 60.3 Å². The minimum atomic E-state index is 0.0387. The van der Waals surface area contributed by atoms with Gasteiger partial charge < -0.3 is 15.4 Å². The average Bonchev–Trinajstić information content (AvgIpc) is 2.92. The molecule has 0 saturated carbocycles. The van der Waals surface area contributed by atoms with E-state index >= 15 is 0 Å². The molecule has 39 heavy (non-hydrogen) atoms. The van der Waals surface area contributed by atoms with Gasteiger partial charge in [-0.15, -0.1) is 0 Å². The molecule has 0 saturated heterocycles. The summed E-state index contributed by atoms with van der Waals surface area (Å²) in [5, 5.41) is 6.23. The number of ether oxygens (including phenoxy) is 1. The van der Waals surface area contributed by atoms with Crippen LogP contribution in [0.15, 0.2) is 0 Å². The Hall–Kier alpha value is -0.280. The van der Waals surface area contributed by atoms with Gasteiger partial charge in [0.2, 0.25) is 0 Å². The quantitative estimate of drug-likeness (QED) is 0.0498. The lowest BCUT2D eigenvalue weighted by molar-refractivity contribution is -0.320. The molecule has 7 heteroatoms. The van der Waals surface area contributed by atoms with Crippen molar-refractivity contribution >= 4 is 0 Å². The Labute approximate surface area is 243 Å². The van der Waals surface area contributed by atoms with Crippen molar-refractivity contribution in [2.45, 2.75) is 136 Å². The Morgan fingerprint density at radius 1 is 0.615 bits per heavy atom. The van der Waals surface area contributed by atoms with Crippen LogP contribution in [0.4, 0.5) is 0 Å². The maximum absolute atomic E-state index is 6.14. The third kappa shape index (κ3) is 27.7. The van der Waals surface area contributed by atoms with Gasteiger partial charge in [-0.25, -0.2) is 19.6 Å². The zero-order valence-corrected chi connectivity index (χ0v) is 27.0. The lowest BCUT2D eigenvalue weighted by atomic mass is 9.87. The summed E-state index contributed by atoms with van der Waals surface area (Å²) in [5.74, 6) is 0.908. The van der Waals surface area contributed by atoms with Crippen molar-refractivity contribution < 1.29 is 24.3 Å². The van der Waals surface area contributed by atoms with Crippen LogP contribution in [0.2, 0.25) is 0 Å². The van der Waals surface area contributed by atoms with Crippen LogP contribution in [0.5, 0.6) is 0 Å². The van der Waals surface area contributed by atoms with E-state index in [-0.39, 0.29) is 11.5 Å². The molecular formula is C32H68N2O5. The Balaban J connectivity index is 3.71. The maximum atomic E-state index is 6.14. The lowest BCUT2D eigenvalue weighted by Gasteiger charge is -2.25. The molecule has 0 amide bonds. The van der Waals surface area contributed by atoms with E-state index in [1.54, 1.807) is 0 Å². The fourth-order valence-corrected chi connectivity index (χ4v) is 4.71. The fraction of sp³-hybridized carbons (Fsp3) is 1.00. The van der Waals surface area contributed by atoms with Gasteiger partial charge in [0.05, 0.1) is 39.1 Å². The van der Waals surface area contributed by atoms with Gasteiger partial charge >= 0.3 is 0 Å². The number of hydrogen-bond donors (Lipinski definition) is 2. The molecule has 0 aromatic rings. The summed E-state index contributed by atoms with van der Waals surface area (Å²) in [6.07, 6.45) is 20.4. The van der Waals surface area contributed by atoms with Gasteiger partial charge in [0, 0.05) is 6.61 Å². The van der Waals surface area contributed by atoms with Gasteiger partial charge in [-0.1, -0.05) is 98.3 Å². The molecule has 0 aliphatic carbocycles. The number of hydrogen-bond acceptors (Lipinski definition) is 7. The van der Waals surface area contributed by atoms with Crippen molar-refractivity contribution in [1.82, 2.24) is 10.6 Å². The van der Waals surface area contributed by atoms with E-state index in [0.717, 1.165) is 44.9 Å². The summed E-state index contributed by atoms with van der Waals surface area (Å²) in [5.41, 5.74) is 0.252. The first-order chi connectivity index (χ1) is 19.0. The van der Waals surface area contributed by atoms with Crippen molar-refractivity contribution in [2.24, 2.45) is 11.3 Å². The first kappa shape index (κ1) is 38.7. The Kier molecular flexibility index (Phi) is 29.0. The summed E-state index contributed by atoms with van der Waals surface area (Å²) in [6, 6.07) is 0.0387. The molecule has 0 fully saturated rings. The van der Waals surface area contributed by atoms with Gasteiger partial charge in [-0.05, 0) is 64.1 Å². The largest absolute Gasteiger partial charge is 0.381 e. The summed E-state index contributed by atoms with van der Waals surface area (Å²) in [6.45, 7) is 14.1. The second kappa shape index (κ2) is 29.2. The van der Waals surface area contributed by atoms with Crippen LogP contribution in [0, 0.1) is 11.3 Å². The third-order valence-corrected chi connectivity index (χ3v) is 7.42. The highest BCUT2D eigenvalue weighted by atomic mass is 17.2. The molecule has 0 heterocycles. The van der Waals surface area contributed by atoms with Gasteiger partial charge in [-0.3, -0.25) is 0 Å². The van der Waals surface area contributed by atoms with E-state index in [1.807, 2.05) is 14.1 Å². The number of rotatable bonds is 32. The minimum Gasteiger partial charge on any atom is -0.381 e. The van der Waals surface area contributed by atoms with Crippen LogP contribution in [0.25, 0.3) is 0 Å². The maximum Gasteiger partial charge on any atom is 0.0999 e. The molecule has 236 valence electrons. The topological polar surface area (TPSA) is 70.2 Å². The van der Waals surface area contributed by atoms with Gasteiger partial charge in [0.1, 0.15) is 0 Å². The Bertz CT molecular complexity index is 471. The zero-order valence-electron chi connectivity index (χ0n) is 27.0. The highest BCUT2D eigenvalue weighted by Crippen LogP contribution is 2.25. The summed E-state index contributed by atoms with van der Waals surface area (Å²) in [7, 11) is 3.81. The molecule has 7 nitrogen and oxygen atoms in total. The van der Waals surface area contributed by atoms with Crippen molar-refractivity contribution in [3.63, 3.8) is 0 Å². The molecular weight excluding hydrogens is 492 g/mol. The van der Waals surface area contributed by atoms with E-state index in [0.29, 0.717) is 26.4 Å². The molecule has 0 radical (unpaired) electrons. The number of nitrogens with one attached hydrogen (secondary N) is 2. The first-order valence-corrected chi connectivity index (χ1v) is 16.4. The highest BCUT2D eigenvalue weighted by Gasteiger charge is 2.18. The molecule has 0 aromatic heterocycles. The van der Waals surface area contributed by atoms with Crippen molar-refractivity contribution in [1.29, 1.82) is 0 Å². The van der Waals surface area contributed by atoms with Crippen LogP contribution >= 0.6 is 0 Å². The average molecular weight is 561 g/mol. The number of likely N-dealkylation sites (N-methyl/N-ethyl adjacent to an activating group) is 1. The molecule has 0 aromatic carbocycles. The zero-order chi connectivity index (χ0) is 28.9. The second-order valence-electron chi connectivity index (χ2n) is 12.0.